The molecule has 0 aliphatic heterocycles. The Morgan fingerprint density at radius 3 is 2.89 bits per heavy atom. The highest BCUT2D eigenvalue weighted by Crippen LogP contribution is 2.36. The fourth-order valence-corrected chi connectivity index (χ4v) is 2.59. The van der Waals surface area contributed by atoms with Gasteiger partial charge in [0.2, 0.25) is 0 Å². The number of methoxy groups -OCH3 is 1. The van der Waals surface area contributed by atoms with Gasteiger partial charge >= 0.3 is 5.97 Å². The van der Waals surface area contributed by atoms with Crippen LogP contribution in [0.5, 0.6) is 0 Å². The van der Waals surface area contributed by atoms with Crippen molar-refractivity contribution in [3.8, 4) is 0 Å². The van der Waals surface area contributed by atoms with Crippen LogP contribution in [0.3, 0.4) is 0 Å². The minimum atomic E-state index is -0.354. The van der Waals surface area contributed by atoms with Gasteiger partial charge in [-0.25, -0.2) is 4.79 Å². The molecule has 1 N–H and O–H groups in total. The van der Waals surface area contributed by atoms with E-state index in [0.717, 1.165) is 12.3 Å². The van der Waals surface area contributed by atoms with Crippen molar-refractivity contribution in [3.05, 3.63) is 23.7 Å². The molecule has 0 aromatic carbocycles. The summed E-state index contributed by atoms with van der Waals surface area (Å²) < 4.78 is 9.95. The molecule has 4 nitrogen and oxygen atoms in total. The number of carbonyl (C=O) groups excluding carboxylic acids is 1. The zero-order valence-electron chi connectivity index (χ0n) is 11.1. The first-order valence-corrected chi connectivity index (χ1v) is 6.49. The van der Waals surface area contributed by atoms with Gasteiger partial charge in [-0.1, -0.05) is 19.8 Å². The van der Waals surface area contributed by atoms with E-state index in [1.54, 1.807) is 6.07 Å². The first-order valence-electron chi connectivity index (χ1n) is 6.49. The van der Waals surface area contributed by atoms with E-state index in [2.05, 4.69) is 17.0 Å². The van der Waals surface area contributed by atoms with E-state index in [1.165, 1.54) is 39.1 Å². The number of carbonyl (C=O) groups is 1. The molecule has 1 saturated carbocycles. The number of hydrogen-bond acceptors (Lipinski definition) is 4. The maximum atomic E-state index is 11.3. The average Bonchev–Trinajstić information content (AvgIpc) is 2.98. The Morgan fingerprint density at radius 2 is 2.22 bits per heavy atom. The van der Waals surface area contributed by atoms with Crippen molar-refractivity contribution >= 4 is 5.97 Å². The van der Waals surface area contributed by atoms with Gasteiger partial charge < -0.3 is 14.5 Å². The summed E-state index contributed by atoms with van der Waals surface area (Å²) in [6, 6.07) is 1.73. The summed E-state index contributed by atoms with van der Waals surface area (Å²) in [6.45, 7) is 3.99. The highest BCUT2D eigenvalue weighted by Gasteiger charge is 2.27. The molecule has 1 aliphatic carbocycles. The normalized spacial score (nSPS) is 17.9. The second-order valence-corrected chi connectivity index (χ2v) is 5.41. The Bertz CT molecular complexity index is 405. The van der Waals surface area contributed by atoms with E-state index >= 15 is 0 Å². The first kappa shape index (κ1) is 13.1. The molecule has 0 bridgehead atoms. The summed E-state index contributed by atoms with van der Waals surface area (Å²) >= 11 is 0. The Balaban J connectivity index is 1.80. The number of nitrogens with one attached hydrogen (secondary N) is 1. The first-order chi connectivity index (χ1) is 8.63. The lowest BCUT2D eigenvalue weighted by Gasteiger charge is -2.23. The SMILES string of the molecule is COC(=O)c1coc(CNCC2(C)CCCC2)c1. The molecule has 4 heteroatoms. The van der Waals surface area contributed by atoms with Crippen LogP contribution in [-0.4, -0.2) is 19.6 Å². The van der Waals surface area contributed by atoms with Crippen LogP contribution in [0.15, 0.2) is 16.7 Å². The molecule has 1 fully saturated rings. The molecule has 1 heterocycles. The molecule has 0 spiro atoms. The van der Waals surface area contributed by atoms with Crippen molar-refractivity contribution < 1.29 is 13.9 Å². The maximum absolute atomic E-state index is 11.3. The summed E-state index contributed by atoms with van der Waals surface area (Å²) in [6.07, 6.45) is 6.72. The highest BCUT2D eigenvalue weighted by molar-refractivity contribution is 5.88. The molecular formula is C14H21NO3. The third-order valence-electron chi connectivity index (χ3n) is 3.74. The number of esters is 1. The number of hydrogen-bond donors (Lipinski definition) is 1. The van der Waals surface area contributed by atoms with Gasteiger partial charge in [-0.15, -0.1) is 0 Å². The van der Waals surface area contributed by atoms with Crippen molar-refractivity contribution in [2.24, 2.45) is 5.41 Å². The lowest BCUT2D eigenvalue weighted by molar-refractivity contribution is 0.0600. The van der Waals surface area contributed by atoms with Crippen molar-refractivity contribution in [2.75, 3.05) is 13.7 Å². The van der Waals surface area contributed by atoms with Crippen LogP contribution in [0.1, 0.15) is 48.7 Å². The van der Waals surface area contributed by atoms with Gasteiger partial charge in [0.05, 0.1) is 19.2 Å². The zero-order valence-corrected chi connectivity index (χ0v) is 11.1. The van der Waals surface area contributed by atoms with Gasteiger partial charge in [0, 0.05) is 6.54 Å². The van der Waals surface area contributed by atoms with Gasteiger partial charge in [-0.2, -0.15) is 0 Å². The van der Waals surface area contributed by atoms with Crippen LogP contribution in [0.4, 0.5) is 0 Å². The smallest absolute Gasteiger partial charge is 0.341 e. The van der Waals surface area contributed by atoms with Gasteiger partial charge in [-0.05, 0) is 24.3 Å². The van der Waals surface area contributed by atoms with E-state index in [9.17, 15) is 4.79 Å². The number of furan rings is 1. The molecule has 0 radical (unpaired) electrons. The summed E-state index contributed by atoms with van der Waals surface area (Å²) in [5.41, 5.74) is 0.902. The topological polar surface area (TPSA) is 51.5 Å². The van der Waals surface area contributed by atoms with Gasteiger partial charge in [0.1, 0.15) is 12.0 Å². The number of ether oxygens (including phenoxy) is 1. The van der Waals surface area contributed by atoms with E-state index < -0.39 is 0 Å². The third-order valence-corrected chi connectivity index (χ3v) is 3.74. The summed E-state index contributed by atoms with van der Waals surface area (Å²) in [7, 11) is 1.37. The monoisotopic (exact) mass is 251 g/mol. The molecule has 18 heavy (non-hydrogen) atoms. The molecular weight excluding hydrogens is 230 g/mol. The fraction of sp³-hybridized carbons (Fsp3) is 0.643. The van der Waals surface area contributed by atoms with E-state index in [1.807, 2.05) is 0 Å². The predicted molar refractivity (Wildman–Crippen MR) is 68.3 cm³/mol. The largest absolute Gasteiger partial charge is 0.467 e. The van der Waals surface area contributed by atoms with Crippen LogP contribution in [0, 0.1) is 5.41 Å². The molecule has 0 unspecified atom stereocenters. The van der Waals surface area contributed by atoms with Crippen LogP contribution in [0.2, 0.25) is 0 Å². The van der Waals surface area contributed by atoms with Gasteiger partial charge in [-0.3, -0.25) is 0 Å². The lowest BCUT2D eigenvalue weighted by atomic mass is 9.89. The summed E-state index contributed by atoms with van der Waals surface area (Å²) in [5, 5.41) is 3.41. The van der Waals surface area contributed by atoms with Crippen LogP contribution >= 0.6 is 0 Å². The summed E-state index contributed by atoms with van der Waals surface area (Å²) in [5.74, 6) is 0.421. The second-order valence-electron chi connectivity index (χ2n) is 5.41. The third kappa shape index (κ3) is 3.13. The minimum Gasteiger partial charge on any atom is -0.467 e. The lowest BCUT2D eigenvalue weighted by Crippen LogP contribution is -2.28. The van der Waals surface area contributed by atoms with Crippen molar-refractivity contribution in [1.29, 1.82) is 0 Å². The quantitative estimate of drug-likeness (QED) is 0.817. The highest BCUT2D eigenvalue weighted by atomic mass is 16.5. The molecule has 1 aromatic rings. The fourth-order valence-electron chi connectivity index (χ4n) is 2.59. The Morgan fingerprint density at radius 1 is 1.50 bits per heavy atom. The standard InChI is InChI=1S/C14H21NO3/c1-14(5-3-4-6-14)10-15-8-12-7-11(9-18-12)13(16)17-2/h7,9,15H,3-6,8,10H2,1-2H3. The Labute approximate surface area is 108 Å². The minimum absolute atomic E-state index is 0.354. The van der Waals surface area contributed by atoms with E-state index in [-0.39, 0.29) is 5.97 Å². The zero-order chi connectivity index (χ0) is 13.0. The van der Waals surface area contributed by atoms with Gasteiger partial charge in [0.25, 0.3) is 0 Å². The molecule has 0 saturated heterocycles. The maximum Gasteiger partial charge on any atom is 0.341 e. The van der Waals surface area contributed by atoms with E-state index in [4.69, 9.17) is 4.42 Å². The van der Waals surface area contributed by atoms with Gasteiger partial charge in [0.15, 0.2) is 0 Å². The van der Waals surface area contributed by atoms with Crippen molar-refractivity contribution in [2.45, 2.75) is 39.2 Å². The van der Waals surface area contributed by atoms with Crippen LogP contribution in [-0.2, 0) is 11.3 Å². The molecule has 100 valence electrons. The van der Waals surface area contributed by atoms with Crippen LogP contribution in [0.25, 0.3) is 0 Å². The van der Waals surface area contributed by atoms with Crippen LogP contribution < -0.4 is 5.32 Å². The van der Waals surface area contributed by atoms with Crippen molar-refractivity contribution in [1.82, 2.24) is 5.32 Å². The molecule has 0 amide bonds. The number of rotatable bonds is 5. The molecule has 1 aromatic heterocycles. The average molecular weight is 251 g/mol. The Kier molecular flexibility index (Phi) is 4.07. The molecule has 1 aliphatic rings. The predicted octanol–water partition coefficient (Wildman–Crippen LogP) is 2.74. The van der Waals surface area contributed by atoms with E-state index in [0.29, 0.717) is 17.5 Å². The summed E-state index contributed by atoms with van der Waals surface area (Å²) in [4.78, 5) is 11.3. The Hall–Kier alpha value is -1.29. The second kappa shape index (κ2) is 5.57. The molecule has 2 rings (SSSR count). The molecule has 0 atom stereocenters. The van der Waals surface area contributed by atoms with Crippen molar-refractivity contribution in [3.63, 3.8) is 0 Å².